The number of amides is 3. The molecule has 0 bridgehead atoms. The molecule has 7 rings (SSSR count). The normalized spacial score (nSPS) is 20.8. The first kappa shape index (κ1) is 38.9. The van der Waals surface area contributed by atoms with Crippen molar-refractivity contribution >= 4 is 29.2 Å². The summed E-state index contributed by atoms with van der Waals surface area (Å²) < 4.78 is 62.0. The summed E-state index contributed by atoms with van der Waals surface area (Å²) in [6.07, 6.45) is 7.91. The summed E-state index contributed by atoms with van der Waals surface area (Å²) in [5.74, 6) is -4.06. The second kappa shape index (κ2) is 16.7. The fourth-order valence-electron chi connectivity index (χ4n) is 7.47. The zero-order valence-corrected chi connectivity index (χ0v) is 30.7. The molecule has 1 aliphatic carbocycles. The van der Waals surface area contributed by atoms with E-state index in [0.29, 0.717) is 48.7 Å². The molecule has 3 aromatic heterocycles. The van der Waals surface area contributed by atoms with Gasteiger partial charge in [0.15, 0.2) is 0 Å². The van der Waals surface area contributed by atoms with Crippen LogP contribution < -0.4 is 15.4 Å². The van der Waals surface area contributed by atoms with Gasteiger partial charge in [0.2, 0.25) is 11.8 Å². The van der Waals surface area contributed by atoms with E-state index in [1.165, 1.54) is 37.5 Å². The van der Waals surface area contributed by atoms with Gasteiger partial charge in [-0.15, -0.1) is 0 Å². The maximum absolute atomic E-state index is 14.2. The number of hydrogen-bond donors (Lipinski definition) is 2. The minimum Gasteiger partial charge on any atom is -0.490 e. The van der Waals surface area contributed by atoms with Crippen molar-refractivity contribution in [2.45, 2.75) is 101 Å². The Morgan fingerprint density at radius 1 is 0.963 bits per heavy atom. The largest absolute Gasteiger partial charge is 0.490 e. The fraction of sp³-hybridized carbons (Fsp3) is 0.475. The summed E-state index contributed by atoms with van der Waals surface area (Å²) >= 11 is 0. The first-order valence-electron chi connectivity index (χ1n) is 18.5. The van der Waals surface area contributed by atoms with Crippen molar-refractivity contribution in [1.82, 2.24) is 24.6 Å². The van der Waals surface area contributed by atoms with Crippen LogP contribution in [0.5, 0.6) is 5.75 Å². The molecule has 2 saturated heterocycles. The molecule has 2 N–H and O–H groups in total. The van der Waals surface area contributed by atoms with Crippen LogP contribution in [0, 0.1) is 0 Å². The molecule has 0 spiro atoms. The van der Waals surface area contributed by atoms with E-state index in [-0.39, 0.29) is 41.8 Å². The monoisotopic (exact) mass is 750 g/mol. The number of imide groups is 1. The van der Waals surface area contributed by atoms with Gasteiger partial charge >= 0.3 is 0 Å². The van der Waals surface area contributed by atoms with Gasteiger partial charge < -0.3 is 19.4 Å². The van der Waals surface area contributed by atoms with E-state index in [9.17, 15) is 31.9 Å². The molecule has 3 amide bonds. The number of carbonyl (C=O) groups excluding carboxylic acids is 3. The van der Waals surface area contributed by atoms with Gasteiger partial charge in [0.05, 0.1) is 35.7 Å². The summed E-state index contributed by atoms with van der Waals surface area (Å²) in [5.41, 5.74) is 3.02. The number of likely N-dealkylation sites (tertiary alicyclic amines) is 1. The zero-order valence-electron chi connectivity index (χ0n) is 30.7. The Morgan fingerprint density at radius 2 is 1.69 bits per heavy atom. The third-order valence-corrected chi connectivity index (χ3v) is 10.2. The molecule has 54 heavy (non-hydrogen) atoms. The van der Waals surface area contributed by atoms with Gasteiger partial charge in [-0.25, -0.2) is 27.5 Å². The van der Waals surface area contributed by atoms with Crippen LogP contribution in [0.2, 0.25) is 0 Å². The number of aromatic nitrogens is 3. The molecular formula is C40H46F4N6O4. The van der Waals surface area contributed by atoms with E-state index in [2.05, 4.69) is 15.6 Å². The summed E-state index contributed by atoms with van der Waals surface area (Å²) in [5, 5.41) is 4.93. The van der Waals surface area contributed by atoms with E-state index in [4.69, 9.17) is 9.72 Å². The second-order valence-electron chi connectivity index (χ2n) is 14.7. The van der Waals surface area contributed by atoms with Gasteiger partial charge in [0.1, 0.15) is 22.9 Å². The zero-order chi connectivity index (χ0) is 38.6. The predicted molar refractivity (Wildman–Crippen MR) is 195 cm³/mol. The summed E-state index contributed by atoms with van der Waals surface area (Å²) in [6.45, 7) is 4.17. The highest BCUT2D eigenvalue weighted by Crippen LogP contribution is 2.40. The van der Waals surface area contributed by atoms with Gasteiger partial charge in [0.25, 0.3) is 18.3 Å². The van der Waals surface area contributed by atoms with Crippen LogP contribution in [0.25, 0.3) is 5.65 Å². The van der Waals surface area contributed by atoms with Gasteiger partial charge in [-0.2, -0.15) is 0 Å². The number of pyridine rings is 2. The molecule has 3 aliphatic rings. The lowest BCUT2D eigenvalue weighted by Crippen LogP contribution is -2.45. The van der Waals surface area contributed by atoms with Crippen LogP contribution in [0.15, 0.2) is 60.9 Å². The lowest BCUT2D eigenvalue weighted by atomic mass is 9.84. The topological polar surface area (TPSA) is 118 Å². The molecule has 4 aromatic rings. The highest BCUT2D eigenvalue weighted by atomic mass is 19.3. The Balaban J connectivity index is 0.000000193. The molecule has 2 aliphatic heterocycles. The maximum atomic E-state index is 14.2. The summed E-state index contributed by atoms with van der Waals surface area (Å²) in [4.78, 5) is 46.3. The average molecular weight is 751 g/mol. The molecule has 2 unspecified atom stereocenters. The Bertz CT molecular complexity index is 1960. The standard InChI is InChI=1S/C23H26F2N4O2.C17H20F2N2O2/c1-14(2)31-19-11-21-27-18(15-7-4-3-5-8-15)13-29(21)12-16(19)23(30)28-20-10-6-9-17(26-20)22(24)25;1-21-9-8-14(17(18,19)10-21)12-4-2-11(3-5-12)13-6-7-15(22)20-16(13)23/h6,9-15,22H,3-5,7-8H2,1-2H3,(H,26,28,30);2-5,13-14H,6-10H2,1H3,(H,20,22,23). The van der Waals surface area contributed by atoms with Gasteiger partial charge in [0, 0.05) is 30.8 Å². The number of nitrogens with one attached hydrogen (secondary N) is 2. The van der Waals surface area contributed by atoms with Crippen molar-refractivity contribution in [3.8, 4) is 5.75 Å². The number of nitrogens with zero attached hydrogens (tertiary/aromatic N) is 4. The molecule has 1 aromatic carbocycles. The molecule has 2 atom stereocenters. The lowest BCUT2D eigenvalue weighted by Gasteiger charge is -2.36. The number of hydrogen-bond acceptors (Lipinski definition) is 7. The number of carbonyl (C=O) groups is 3. The Morgan fingerprint density at radius 3 is 2.35 bits per heavy atom. The van der Waals surface area contributed by atoms with Crippen molar-refractivity contribution in [3.05, 3.63) is 89.0 Å². The van der Waals surface area contributed by atoms with E-state index >= 15 is 0 Å². The molecule has 288 valence electrons. The molecular weight excluding hydrogens is 704 g/mol. The number of piperidine rings is 2. The number of anilines is 1. The van der Waals surface area contributed by atoms with E-state index in [0.717, 1.165) is 24.1 Å². The van der Waals surface area contributed by atoms with Gasteiger partial charge in [-0.3, -0.25) is 19.7 Å². The molecule has 3 fully saturated rings. The van der Waals surface area contributed by atoms with Crippen molar-refractivity contribution in [2.75, 3.05) is 25.5 Å². The van der Waals surface area contributed by atoms with Crippen LogP contribution in [-0.2, 0) is 9.59 Å². The van der Waals surface area contributed by atoms with E-state index in [1.54, 1.807) is 48.5 Å². The number of fused-ring (bicyclic) bond motifs is 1. The van der Waals surface area contributed by atoms with E-state index < -0.39 is 29.9 Å². The molecule has 0 radical (unpaired) electrons. The number of halogens is 4. The first-order chi connectivity index (χ1) is 25.8. The number of imidazole rings is 1. The minimum atomic E-state index is -2.75. The molecule has 5 heterocycles. The summed E-state index contributed by atoms with van der Waals surface area (Å²) in [6, 6.07) is 12.8. The quantitative estimate of drug-likeness (QED) is 0.138. The SMILES string of the molecule is CC(C)Oc1cc2nc(C3CCCCC3)cn2cc1C(=O)Nc1cccc(C(F)F)n1.CN1CCC(c2ccc(C3CCC(=O)NC3=O)cc2)C(F)(F)C1. The van der Waals surface area contributed by atoms with Crippen LogP contribution in [0.3, 0.4) is 0 Å². The van der Waals surface area contributed by atoms with Crippen LogP contribution in [-0.4, -0.2) is 69.2 Å². The highest BCUT2D eigenvalue weighted by Gasteiger charge is 2.44. The molecule has 1 saturated carbocycles. The predicted octanol–water partition coefficient (Wildman–Crippen LogP) is 8.02. The van der Waals surface area contributed by atoms with Crippen molar-refractivity contribution in [1.29, 1.82) is 0 Å². The smallest absolute Gasteiger partial charge is 0.280 e. The van der Waals surface area contributed by atoms with Crippen LogP contribution >= 0.6 is 0 Å². The Kier molecular flexibility index (Phi) is 12.0. The average Bonchev–Trinajstić information content (AvgIpc) is 3.55. The van der Waals surface area contributed by atoms with Gasteiger partial charge in [-0.1, -0.05) is 49.6 Å². The van der Waals surface area contributed by atoms with Crippen LogP contribution in [0.1, 0.15) is 122 Å². The molecule has 14 heteroatoms. The molecule has 10 nitrogen and oxygen atoms in total. The fourth-order valence-corrected chi connectivity index (χ4v) is 7.47. The summed E-state index contributed by atoms with van der Waals surface area (Å²) in [7, 11) is 1.70. The van der Waals surface area contributed by atoms with E-state index in [1.807, 2.05) is 24.4 Å². The number of alkyl halides is 4. The van der Waals surface area contributed by atoms with Crippen molar-refractivity contribution < 1.29 is 36.7 Å². The second-order valence-corrected chi connectivity index (χ2v) is 14.7. The minimum absolute atomic E-state index is 0.0620. The maximum Gasteiger partial charge on any atom is 0.280 e. The van der Waals surface area contributed by atoms with Crippen molar-refractivity contribution in [3.63, 3.8) is 0 Å². The third kappa shape index (κ3) is 9.26. The van der Waals surface area contributed by atoms with Crippen molar-refractivity contribution in [2.24, 2.45) is 0 Å². The van der Waals surface area contributed by atoms with Gasteiger partial charge in [-0.05, 0) is 76.4 Å². The third-order valence-electron chi connectivity index (χ3n) is 10.2. The number of benzene rings is 1. The number of ether oxygens (including phenoxy) is 1. The van der Waals surface area contributed by atoms with Crippen LogP contribution in [0.4, 0.5) is 23.4 Å². The number of rotatable bonds is 8. The Labute approximate surface area is 311 Å². The highest BCUT2D eigenvalue weighted by molar-refractivity contribution is 6.06. The first-order valence-corrected chi connectivity index (χ1v) is 18.5. The Hall–Kier alpha value is -4.85. The lowest BCUT2D eigenvalue weighted by molar-refractivity contribution is -0.134.